The maximum atomic E-state index is 11.0. The van der Waals surface area contributed by atoms with Crippen molar-refractivity contribution in [1.29, 1.82) is 0 Å². The number of quaternary nitrogens is 1. The molecular formula is C10H20NO2+. The van der Waals surface area contributed by atoms with Crippen LogP contribution in [0.3, 0.4) is 0 Å². The first-order valence-electron chi connectivity index (χ1n) is 4.53. The molecule has 0 fully saturated rings. The highest BCUT2D eigenvalue weighted by molar-refractivity contribution is 5.71. The second-order valence-electron chi connectivity index (χ2n) is 4.01. The Morgan fingerprint density at radius 2 is 2.00 bits per heavy atom. The van der Waals surface area contributed by atoms with Crippen molar-refractivity contribution < 1.29 is 14.0 Å². The second kappa shape index (κ2) is 5.75. The highest BCUT2D eigenvalue weighted by Crippen LogP contribution is 1.92. The third-order valence-electron chi connectivity index (χ3n) is 1.55. The minimum atomic E-state index is -0.147. The van der Waals surface area contributed by atoms with E-state index in [1.54, 1.807) is 6.08 Å². The standard InChI is InChI=1S/C10H20NO2/c1-5-6-7-10(12)13-9-8-11(2,3)4/h5-6H,7-9H2,1-4H3/q+1. The van der Waals surface area contributed by atoms with Gasteiger partial charge in [-0.2, -0.15) is 0 Å². The zero-order chi connectivity index (χ0) is 10.3. The summed E-state index contributed by atoms with van der Waals surface area (Å²) in [6.45, 7) is 3.24. The Labute approximate surface area is 80.6 Å². The number of rotatable bonds is 5. The van der Waals surface area contributed by atoms with E-state index in [1.165, 1.54) is 0 Å². The molecule has 0 rings (SSSR count). The van der Waals surface area contributed by atoms with Gasteiger partial charge in [0.05, 0.1) is 27.6 Å². The lowest BCUT2D eigenvalue weighted by molar-refractivity contribution is -0.870. The van der Waals surface area contributed by atoms with Crippen LogP contribution < -0.4 is 0 Å². The van der Waals surface area contributed by atoms with Crippen LogP contribution in [0.2, 0.25) is 0 Å². The van der Waals surface area contributed by atoms with E-state index in [2.05, 4.69) is 21.1 Å². The number of esters is 1. The molecule has 0 atom stereocenters. The first-order valence-corrected chi connectivity index (χ1v) is 4.53. The fourth-order valence-corrected chi connectivity index (χ4v) is 0.706. The molecule has 13 heavy (non-hydrogen) atoms. The van der Waals surface area contributed by atoms with Gasteiger partial charge in [0.15, 0.2) is 0 Å². The second-order valence-corrected chi connectivity index (χ2v) is 4.01. The van der Waals surface area contributed by atoms with E-state index >= 15 is 0 Å². The van der Waals surface area contributed by atoms with Gasteiger partial charge in [-0.05, 0) is 6.92 Å². The van der Waals surface area contributed by atoms with E-state index in [9.17, 15) is 4.79 Å². The number of allylic oxidation sites excluding steroid dienone is 1. The average molecular weight is 186 g/mol. The van der Waals surface area contributed by atoms with Crippen molar-refractivity contribution in [2.75, 3.05) is 34.3 Å². The van der Waals surface area contributed by atoms with Crippen LogP contribution in [0, 0.1) is 0 Å². The molecule has 0 aromatic heterocycles. The van der Waals surface area contributed by atoms with Crippen molar-refractivity contribution in [3.8, 4) is 0 Å². The summed E-state index contributed by atoms with van der Waals surface area (Å²) >= 11 is 0. The monoisotopic (exact) mass is 186 g/mol. The Kier molecular flexibility index (Phi) is 5.39. The topological polar surface area (TPSA) is 26.3 Å². The van der Waals surface area contributed by atoms with Crippen molar-refractivity contribution in [2.24, 2.45) is 0 Å². The van der Waals surface area contributed by atoms with Crippen molar-refractivity contribution in [2.45, 2.75) is 13.3 Å². The van der Waals surface area contributed by atoms with Crippen molar-refractivity contribution >= 4 is 5.97 Å². The van der Waals surface area contributed by atoms with E-state index in [4.69, 9.17) is 4.74 Å². The first kappa shape index (κ1) is 12.2. The van der Waals surface area contributed by atoms with Crippen LogP contribution in [0.1, 0.15) is 13.3 Å². The number of ether oxygens (including phenoxy) is 1. The number of likely N-dealkylation sites (N-methyl/N-ethyl adjacent to an activating group) is 1. The lowest BCUT2D eigenvalue weighted by atomic mass is 10.4. The number of hydrogen-bond donors (Lipinski definition) is 0. The number of carbonyl (C=O) groups is 1. The first-order chi connectivity index (χ1) is 5.95. The lowest BCUT2D eigenvalue weighted by Crippen LogP contribution is -2.37. The molecule has 0 saturated carbocycles. The summed E-state index contributed by atoms with van der Waals surface area (Å²) in [5, 5.41) is 0. The molecule has 0 aromatic carbocycles. The molecule has 0 aliphatic heterocycles. The van der Waals surface area contributed by atoms with Crippen molar-refractivity contribution in [3.05, 3.63) is 12.2 Å². The lowest BCUT2D eigenvalue weighted by Gasteiger charge is -2.23. The molecule has 0 spiro atoms. The molecule has 0 saturated heterocycles. The normalized spacial score (nSPS) is 12.0. The van der Waals surface area contributed by atoms with Crippen LogP contribution in [-0.2, 0) is 9.53 Å². The van der Waals surface area contributed by atoms with E-state index in [1.807, 2.05) is 13.0 Å². The molecule has 0 radical (unpaired) electrons. The van der Waals surface area contributed by atoms with Crippen LogP contribution in [0.4, 0.5) is 0 Å². The summed E-state index contributed by atoms with van der Waals surface area (Å²) in [5.74, 6) is -0.147. The van der Waals surface area contributed by atoms with Gasteiger partial charge in [0.2, 0.25) is 0 Å². The number of hydrogen-bond acceptors (Lipinski definition) is 2. The minimum absolute atomic E-state index is 0.147. The van der Waals surface area contributed by atoms with Gasteiger partial charge in [-0.3, -0.25) is 4.79 Å². The zero-order valence-electron chi connectivity index (χ0n) is 9.04. The fraction of sp³-hybridized carbons (Fsp3) is 0.700. The van der Waals surface area contributed by atoms with Gasteiger partial charge in [-0.15, -0.1) is 0 Å². The predicted molar refractivity (Wildman–Crippen MR) is 53.3 cm³/mol. The zero-order valence-corrected chi connectivity index (χ0v) is 9.04. The van der Waals surface area contributed by atoms with Crippen LogP contribution in [0.15, 0.2) is 12.2 Å². The van der Waals surface area contributed by atoms with Crippen LogP contribution in [0.5, 0.6) is 0 Å². The molecule has 0 aliphatic carbocycles. The molecule has 0 N–H and O–H groups in total. The van der Waals surface area contributed by atoms with Crippen molar-refractivity contribution in [1.82, 2.24) is 0 Å². The molecule has 0 unspecified atom stereocenters. The molecule has 0 amide bonds. The molecule has 76 valence electrons. The fourth-order valence-electron chi connectivity index (χ4n) is 0.706. The predicted octanol–water partition coefficient (Wildman–Crippen LogP) is 1.20. The Hall–Kier alpha value is -0.830. The summed E-state index contributed by atoms with van der Waals surface area (Å²) in [7, 11) is 6.21. The van der Waals surface area contributed by atoms with E-state index < -0.39 is 0 Å². The van der Waals surface area contributed by atoms with Gasteiger partial charge >= 0.3 is 5.97 Å². The summed E-state index contributed by atoms with van der Waals surface area (Å²) < 4.78 is 5.83. The maximum Gasteiger partial charge on any atom is 0.309 e. The smallest absolute Gasteiger partial charge is 0.309 e. The van der Waals surface area contributed by atoms with Crippen LogP contribution in [-0.4, -0.2) is 44.7 Å². The highest BCUT2D eigenvalue weighted by Gasteiger charge is 2.07. The summed E-state index contributed by atoms with van der Waals surface area (Å²) in [4.78, 5) is 11.0. The molecule has 0 aliphatic rings. The van der Waals surface area contributed by atoms with Crippen LogP contribution in [0.25, 0.3) is 0 Å². The average Bonchev–Trinajstić information content (AvgIpc) is 1.98. The molecule has 0 aromatic rings. The van der Waals surface area contributed by atoms with Crippen LogP contribution >= 0.6 is 0 Å². The van der Waals surface area contributed by atoms with Gasteiger partial charge in [-0.25, -0.2) is 0 Å². The van der Waals surface area contributed by atoms with E-state index in [0.717, 1.165) is 11.0 Å². The minimum Gasteiger partial charge on any atom is -0.459 e. The number of nitrogens with zero attached hydrogens (tertiary/aromatic N) is 1. The van der Waals surface area contributed by atoms with Crippen molar-refractivity contribution in [3.63, 3.8) is 0 Å². The van der Waals surface area contributed by atoms with Gasteiger partial charge in [0.25, 0.3) is 0 Å². The molecule has 3 heteroatoms. The summed E-state index contributed by atoms with van der Waals surface area (Å²) in [5.41, 5.74) is 0. The SMILES string of the molecule is CC=CCC(=O)OCC[N+](C)(C)C. The van der Waals surface area contributed by atoms with Gasteiger partial charge in [0, 0.05) is 0 Å². The Balaban J connectivity index is 3.48. The molecular weight excluding hydrogens is 166 g/mol. The third kappa shape index (κ3) is 9.08. The molecule has 0 bridgehead atoms. The van der Waals surface area contributed by atoms with E-state index in [0.29, 0.717) is 13.0 Å². The number of carbonyl (C=O) groups excluding carboxylic acids is 1. The maximum absolute atomic E-state index is 11.0. The summed E-state index contributed by atoms with van der Waals surface area (Å²) in [6.07, 6.45) is 4.03. The summed E-state index contributed by atoms with van der Waals surface area (Å²) in [6, 6.07) is 0. The highest BCUT2D eigenvalue weighted by atomic mass is 16.5. The quantitative estimate of drug-likeness (QED) is 0.366. The molecule has 0 heterocycles. The molecule has 3 nitrogen and oxygen atoms in total. The third-order valence-corrected chi connectivity index (χ3v) is 1.55. The Morgan fingerprint density at radius 3 is 2.46 bits per heavy atom. The van der Waals surface area contributed by atoms with Gasteiger partial charge in [-0.1, -0.05) is 12.2 Å². The largest absolute Gasteiger partial charge is 0.459 e. The van der Waals surface area contributed by atoms with Gasteiger partial charge in [0.1, 0.15) is 13.2 Å². The van der Waals surface area contributed by atoms with E-state index in [-0.39, 0.29) is 5.97 Å². The van der Waals surface area contributed by atoms with Gasteiger partial charge < -0.3 is 9.22 Å². The Bertz CT molecular complexity index is 180. The Morgan fingerprint density at radius 1 is 1.38 bits per heavy atom.